The van der Waals surface area contributed by atoms with Crippen molar-refractivity contribution in [2.75, 3.05) is 6.79 Å². The zero-order valence-corrected chi connectivity index (χ0v) is 11.0. The number of ether oxygens (including phenoxy) is 2. The summed E-state index contributed by atoms with van der Waals surface area (Å²) in [6.45, 7) is 2.44. The number of hydrogen-bond acceptors (Lipinski definition) is 3. The third-order valence-electron chi connectivity index (χ3n) is 2.76. The van der Waals surface area contributed by atoms with Gasteiger partial charge in [0, 0.05) is 0 Å². The summed E-state index contributed by atoms with van der Waals surface area (Å²) >= 11 is 0. The van der Waals surface area contributed by atoms with E-state index in [0.717, 1.165) is 11.1 Å². The number of benzene rings is 2. The van der Waals surface area contributed by atoms with Crippen LogP contribution < -0.4 is 4.74 Å². The van der Waals surface area contributed by atoms with Crippen LogP contribution in [0, 0.1) is 0 Å². The van der Waals surface area contributed by atoms with Crippen molar-refractivity contribution in [3.63, 3.8) is 0 Å². The zero-order chi connectivity index (χ0) is 13.5. The van der Waals surface area contributed by atoms with Crippen LogP contribution >= 0.6 is 0 Å². The van der Waals surface area contributed by atoms with Crippen LogP contribution in [0.2, 0.25) is 0 Å². The molecule has 0 aromatic heterocycles. The number of aliphatic hydroxyl groups excluding tert-OH is 1. The van der Waals surface area contributed by atoms with Gasteiger partial charge in [0.15, 0.2) is 6.79 Å². The number of rotatable bonds is 6. The Kier molecular flexibility index (Phi) is 4.95. The van der Waals surface area contributed by atoms with Gasteiger partial charge in [0.05, 0.1) is 12.7 Å². The van der Waals surface area contributed by atoms with E-state index in [9.17, 15) is 5.11 Å². The molecule has 0 radical (unpaired) electrons. The summed E-state index contributed by atoms with van der Waals surface area (Å²) in [4.78, 5) is 0. The van der Waals surface area contributed by atoms with E-state index in [1.165, 1.54) is 0 Å². The standard InChI is InChI=1S/C16H18O3/c1-13(17)15-8-5-9-16(10-15)19-12-18-11-14-6-3-2-4-7-14/h2-10,13,17H,11-12H2,1H3. The molecule has 0 amide bonds. The predicted molar refractivity (Wildman–Crippen MR) is 73.8 cm³/mol. The minimum absolute atomic E-state index is 0.193. The Morgan fingerprint density at radius 2 is 1.84 bits per heavy atom. The molecule has 0 fully saturated rings. The monoisotopic (exact) mass is 258 g/mol. The first-order valence-electron chi connectivity index (χ1n) is 6.28. The summed E-state index contributed by atoms with van der Waals surface area (Å²) in [6, 6.07) is 17.3. The third kappa shape index (κ3) is 4.39. The molecule has 0 aliphatic rings. The van der Waals surface area contributed by atoms with Gasteiger partial charge < -0.3 is 14.6 Å². The first kappa shape index (κ1) is 13.6. The Labute approximate surface area is 113 Å². The van der Waals surface area contributed by atoms with Crippen molar-refractivity contribution in [2.45, 2.75) is 19.6 Å². The molecule has 0 bridgehead atoms. The number of hydrogen-bond donors (Lipinski definition) is 1. The summed E-state index contributed by atoms with van der Waals surface area (Å²) < 4.78 is 10.9. The topological polar surface area (TPSA) is 38.7 Å². The summed E-state index contributed by atoms with van der Waals surface area (Å²) in [5.41, 5.74) is 1.95. The molecule has 1 N–H and O–H groups in total. The predicted octanol–water partition coefficient (Wildman–Crippen LogP) is 3.29. The first-order chi connectivity index (χ1) is 9.25. The van der Waals surface area contributed by atoms with Crippen LogP contribution in [-0.4, -0.2) is 11.9 Å². The fourth-order valence-corrected chi connectivity index (χ4v) is 1.71. The van der Waals surface area contributed by atoms with Crippen LogP contribution in [-0.2, 0) is 11.3 Å². The average Bonchev–Trinajstić information content (AvgIpc) is 2.45. The molecule has 0 aliphatic carbocycles. The lowest BCUT2D eigenvalue weighted by Crippen LogP contribution is -2.03. The minimum atomic E-state index is -0.492. The maximum Gasteiger partial charge on any atom is 0.189 e. The lowest BCUT2D eigenvalue weighted by Gasteiger charge is -2.10. The molecule has 1 atom stereocenters. The van der Waals surface area contributed by atoms with E-state index in [1.54, 1.807) is 6.92 Å². The van der Waals surface area contributed by atoms with Crippen LogP contribution in [0.5, 0.6) is 5.75 Å². The maximum atomic E-state index is 9.48. The molecule has 3 nitrogen and oxygen atoms in total. The van der Waals surface area contributed by atoms with Crippen LogP contribution in [0.15, 0.2) is 54.6 Å². The zero-order valence-electron chi connectivity index (χ0n) is 11.0. The summed E-state index contributed by atoms with van der Waals surface area (Å²) in [7, 11) is 0. The van der Waals surface area contributed by atoms with E-state index in [4.69, 9.17) is 9.47 Å². The number of aliphatic hydroxyl groups is 1. The molecular weight excluding hydrogens is 240 g/mol. The minimum Gasteiger partial charge on any atom is -0.468 e. The molecule has 2 aromatic rings. The molecule has 3 heteroatoms. The second-order valence-electron chi connectivity index (χ2n) is 4.34. The Morgan fingerprint density at radius 3 is 2.58 bits per heavy atom. The van der Waals surface area contributed by atoms with E-state index in [1.807, 2.05) is 54.6 Å². The van der Waals surface area contributed by atoms with Gasteiger partial charge in [-0.15, -0.1) is 0 Å². The Balaban J connectivity index is 1.78. The highest BCUT2D eigenvalue weighted by atomic mass is 16.7. The van der Waals surface area contributed by atoms with Gasteiger partial charge >= 0.3 is 0 Å². The van der Waals surface area contributed by atoms with Gasteiger partial charge in [-0.05, 0) is 30.2 Å². The average molecular weight is 258 g/mol. The third-order valence-corrected chi connectivity index (χ3v) is 2.76. The smallest absolute Gasteiger partial charge is 0.189 e. The SMILES string of the molecule is CC(O)c1cccc(OCOCc2ccccc2)c1. The van der Waals surface area contributed by atoms with Gasteiger partial charge in [-0.2, -0.15) is 0 Å². The van der Waals surface area contributed by atoms with E-state index in [2.05, 4.69) is 0 Å². The largest absolute Gasteiger partial charge is 0.468 e. The van der Waals surface area contributed by atoms with Gasteiger partial charge in [0.25, 0.3) is 0 Å². The maximum absolute atomic E-state index is 9.48. The highest BCUT2D eigenvalue weighted by Gasteiger charge is 2.02. The van der Waals surface area contributed by atoms with Gasteiger partial charge in [-0.1, -0.05) is 42.5 Å². The van der Waals surface area contributed by atoms with Gasteiger partial charge in [0.1, 0.15) is 5.75 Å². The molecule has 100 valence electrons. The summed E-state index contributed by atoms with van der Waals surface area (Å²) in [6.07, 6.45) is -0.492. The molecular formula is C16H18O3. The Bertz CT molecular complexity index is 494. The lowest BCUT2D eigenvalue weighted by atomic mass is 10.1. The molecule has 1 unspecified atom stereocenters. The van der Waals surface area contributed by atoms with Crippen LogP contribution in [0.25, 0.3) is 0 Å². The van der Waals surface area contributed by atoms with Gasteiger partial charge in [-0.3, -0.25) is 0 Å². The van der Waals surface area contributed by atoms with Crippen LogP contribution in [0.1, 0.15) is 24.2 Å². The van der Waals surface area contributed by atoms with Crippen molar-refractivity contribution in [1.82, 2.24) is 0 Å². The first-order valence-corrected chi connectivity index (χ1v) is 6.28. The lowest BCUT2D eigenvalue weighted by molar-refractivity contribution is 0.00491. The van der Waals surface area contributed by atoms with Crippen molar-refractivity contribution in [2.24, 2.45) is 0 Å². The molecule has 2 aromatic carbocycles. The highest BCUT2D eigenvalue weighted by molar-refractivity contribution is 5.29. The second kappa shape index (κ2) is 6.92. The Hall–Kier alpha value is -1.84. The second-order valence-corrected chi connectivity index (χ2v) is 4.34. The molecule has 0 saturated heterocycles. The fourth-order valence-electron chi connectivity index (χ4n) is 1.71. The van der Waals surface area contributed by atoms with E-state index in [-0.39, 0.29) is 6.79 Å². The summed E-state index contributed by atoms with van der Waals surface area (Å²) in [5.74, 6) is 0.700. The van der Waals surface area contributed by atoms with Crippen molar-refractivity contribution in [1.29, 1.82) is 0 Å². The van der Waals surface area contributed by atoms with Gasteiger partial charge in [-0.25, -0.2) is 0 Å². The summed E-state index contributed by atoms with van der Waals surface area (Å²) in [5, 5.41) is 9.48. The highest BCUT2D eigenvalue weighted by Crippen LogP contribution is 2.18. The molecule has 0 spiro atoms. The van der Waals surface area contributed by atoms with E-state index in [0.29, 0.717) is 12.4 Å². The molecule has 19 heavy (non-hydrogen) atoms. The normalized spacial score (nSPS) is 12.1. The van der Waals surface area contributed by atoms with Crippen molar-refractivity contribution in [3.05, 3.63) is 65.7 Å². The molecule has 2 rings (SSSR count). The van der Waals surface area contributed by atoms with Crippen molar-refractivity contribution < 1.29 is 14.6 Å². The van der Waals surface area contributed by atoms with Crippen molar-refractivity contribution >= 4 is 0 Å². The van der Waals surface area contributed by atoms with Crippen LogP contribution in [0.3, 0.4) is 0 Å². The molecule has 0 heterocycles. The van der Waals surface area contributed by atoms with E-state index >= 15 is 0 Å². The van der Waals surface area contributed by atoms with Crippen LogP contribution in [0.4, 0.5) is 0 Å². The molecule has 0 saturated carbocycles. The van der Waals surface area contributed by atoms with Crippen molar-refractivity contribution in [3.8, 4) is 5.75 Å². The quantitative estimate of drug-likeness (QED) is 0.638. The molecule has 0 aliphatic heterocycles. The Morgan fingerprint density at radius 1 is 1.05 bits per heavy atom. The fraction of sp³-hybridized carbons (Fsp3) is 0.250. The van der Waals surface area contributed by atoms with Gasteiger partial charge in [0.2, 0.25) is 0 Å². The van der Waals surface area contributed by atoms with E-state index < -0.39 is 6.10 Å².